The smallest absolute Gasteiger partial charge is 0.248 e. The summed E-state index contributed by atoms with van der Waals surface area (Å²) in [4.78, 5) is 20.7. The highest BCUT2D eigenvalue weighted by molar-refractivity contribution is 5.99. The van der Waals surface area contributed by atoms with Gasteiger partial charge < -0.3 is 15.4 Å². The molecule has 0 spiro atoms. The van der Waals surface area contributed by atoms with Crippen molar-refractivity contribution >= 4 is 34.3 Å². The number of amides is 1. The maximum Gasteiger partial charge on any atom is 0.248 e. The number of rotatable bonds is 9. The summed E-state index contributed by atoms with van der Waals surface area (Å²) >= 11 is 0. The van der Waals surface area contributed by atoms with E-state index in [1.54, 1.807) is 43.4 Å². The molecule has 10 heteroatoms. The Kier molecular flexibility index (Phi) is 6.52. The van der Waals surface area contributed by atoms with Crippen molar-refractivity contribution in [3.63, 3.8) is 0 Å². The third kappa shape index (κ3) is 5.16. The van der Waals surface area contributed by atoms with Gasteiger partial charge in [0.2, 0.25) is 11.9 Å². The van der Waals surface area contributed by atoms with E-state index in [1.807, 2.05) is 35.1 Å². The summed E-state index contributed by atoms with van der Waals surface area (Å²) in [6, 6.07) is 7.64. The van der Waals surface area contributed by atoms with Crippen LogP contribution in [0.5, 0.6) is 0 Å². The van der Waals surface area contributed by atoms with Crippen LogP contribution in [-0.2, 0) is 22.6 Å². The number of methoxy groups -OCH3 is 1. The number of aromatic nitrogens is 6. The highest BCUT2D eigenvalue weighted by Gasteiger charge is 2.09. The molecule has 3 heterocycles. The van der Waals surface area contributed by atoms with Crippen LogP contribution in [0, 0.1) is 0 Å². The summed E-state index contributed by atoms with van der Waals surface area (Å²) in [7, 11) is 1.66. The highest BCUT2D eigenvalue weighted by Crippen LogP contribution is 2.18. The van der Waals surface area contributed by atoms with Crippen LogP contribution in [0.2, 0.25) is 0 Å². The lowest BCUT2D eigenvalue weighted by Crippen LogP contribution is -2.08. The first-order chi connectivity index (χ1) is 15.6. The van der Waals surface area contributed by atoms with Gasteiger partial charge in [-0.15, -0.1) is 0 Å². The zero-order chi connectivity index (χ0) is 22.3. The first-order valence-electron chi connectivity index (χ1n) is 10.1. The molecule has 0 bridgehead atoms. The summed E-state index contributed by atoms with van der Waals surface area (Å²) < 4.78 is 8.68. The Hall–Kier alpha value is -4.05. The van der Waals surface area contributed by atoms with E-state index in [2.05, 4.69) is 30.8 Å². The first kappa shape index (κ1) is 21.2. The molecule has 1 amide bonds. The quantitative estimate of drug-likeness (QED) is 0.391. The van der Waals surface area contributed by atoms with Crippen molar-refractivity contribution in [1.82, 2.24) is 29.5 Å². The monoisotopic (exact) mass is 432 g/mol. The molecule has 0 saturated carbocycles. The van der Waals surface area contributed by atoms with Gasteiger partial charge in [0, 0.05) is 25.2 Å². The fourth-order valence-electron chi connectivity index (χ4n) is 3.11. The number of anilines is 3. The SMILES string of the molecule is CC=CC(=O)Nc1ccc(Cn2ncc3cnc(Nc4cnn(CCOC)c4)nc32)cc1. The third-order valence-corrected chi connectivity index (χ3v) is 4.66. The maximum atomic E-state index is 11.7. The second-order valence-electron chi connectivity index (χ2n) is 7.07. The number of fused-ring (bicyclic) bond motifs is 1. The average molecular weight is 432 g/mol. The molecule has 3 aromatic heterocycles. The third-order valence-electron chi connectivity index (χ3n) is 4.66. The Morgan fingerprint density at radius 1 is 1.12 bits per heavy atom. The van der Waals surface area contributed by atoms with E-state index in [0.29, 0.717) is 25.6 Å². The van der Waals surface area contributed by atoms with Gasteiger partial charge in [0.05, 0.1) is 43.2 Å². The fraction of sp³-hybridized carbons (Fsp3) is 0.227. The largest absolute Gasteiger partial charge is 0.383 e. The van der Waals surface area contributed by atoms with Gasteiger partial charge in [-0.25, -0.2) is 9.67 Å². The molecule has 0 aliphatic carbocycles. The van der Waals surface area contributed by atoms with Gasteiger partial charge in [-0.2, -0.15) is 15.2 Å². The maximum absolute atomic E-state index is 11.7. The van der Waals surface area contributed by atoms with Gasteiger partial charge in [-0.05, 0) is 30.7 Å². The molecular weight excluding hydrogens is 408 g/mol. The van der Waals surface area contributed by atoms with E-state index in [1.165, 1.54) is 6.08 Å². The van der Waals surface area contributed by atoms with Gasteiger partial charge in [0.15, 0.2) is 5.65 Å². The van der Waals surface area contributed by atoms with Crippen LogP contribution in [0.15, 0.2) is 61.2 Å². The van der Waals surface area contributed by atoms with Crippen LogP contribution in [0.25, 0.3) is 11.0 Å². The van der Waals surface area contributed by atoms with Crippen molar-refractivity contribution in [2.45, 2.75) is 20.0 Å². The lowest BCUT2D eigenvalue weighted by Gasteiger charge is -2.07. The Bertz CT molecular complexity index is 1230. The molecule has 0 fully saturated rings. The van der Waals surface area contributed by atoms with E-state index in [0.717, 1.165) is 28.0 Å². The number of carbonyl (C=O) groups excluding carboxylic acids is 1. The Morgan fingerprint density at radius 3 is 2.75 bits per heavy atom. The van der Waals surface area contributed by atoms with E-state index in [9.17, 15) is 4.79 Å². The molecule has 10 nitrogen and oxygen atoms in total. The molecule has 0 radical (unpaired) electrons. The Labute approximate surface area is 184 Å². The van der Waals surface area contributed by atoms with Crippen molar-refractivity contribution in [1.29, 1.82) is 0 Å². The molecule has 0 aliphatic rings. The molecule has 2 N–H and O–H groups in total. The summed E-state index contributed by atoms with van der Waals surface area (Å²) in [5.41, 5.74) is 3.29. The number of carbonyl (C=O) groups is 1. The van der Waals surface area contributed by atoms with Gasteiger partial charge in [-0.1, -0.05) is 18.2 Å². The van der Waals surface area contributed by atoms with E-state index < -0.39 is 0 Å². The standard InChI is InChI=1S/C22H24N8O2/c1-3-4-20(31)26-18-7-5-16(6-8-18)14-30-21-17(12-25-30)11-23-22(28-21)27-19-13-24-29(15-19)9-10-32-2/h3-8,11-13,15H,9-10,14H2,1-2H3,(H,26,31)(H,23,27,28). The van der Waals surface area contributed by atoms with Crippen molar-refractivity contribution in [3.05, 3.63) is 66.8 Å². The molecule has 1 aromatic carbocycles. The minimum atomic E-state index is -0.153. The van der Waals surface area contributed by atoms with Gasteiger partial charge in [0.1, 0.15) is 0 Å². The van der Waals surface area contributed by atoms with Crippen LogP contribution in [0.3, 0.4) is 0 Å². The summed E-state index contributed by atoms with van der Waals surface area (Å²) in [6.45, 7) is 3.60. The van der Waals surface area contributed by atoms with Crippen molar-refractivity contribution < 1.29 is 9.53 Å². The summed E-state index contributed by atoms with van der Waals surface area (Å²) in [5.74, 6) is 0.312. The van der Waals surface area contributed by atoms with Crippen molar-refractivity contribution in [2.24, 2.45) is 0 Å². The van der Waals surface area contributed by atoms with E-state index in [-0.39, 0.29) is 5.91 Å². The number of hydrogen-bond donors (Lipinski definition) is 2. The predicted octanol–water partition coefficient (Wildman–Crippen LogP) is 2.98. The molecule has 0 atom stereocenters. The van der Waals surface area contributed by atoms with Gasteiger partial charge in [-0.3, -0.25) is 9.48 Å². The van der Waals surface area contributed by atoms with Gasteiger partial charge in [0.25, 0.3) is 0 Å². The van der Waals surface area contributed by atoms with Crippen LogP contribution in [-0.4, -0.2) is 49.2 Å². The zero-order valence-corrected chi connectivity index (χ0v) is 17.9. The van der Waals surface area contributed by atoms with E-state index >= 15 is 0 Å². The van der Waals surface area contributed by atoms with E-state index in [4.69, 9.17) is 4.74 Å². The molecule has 0 unspecified atom stereocenters. The molecule has 0 aliphatic heterocycles. The highest BCUT2D eigenvalue weighted by atomic mass is 16.5. The minimum absolute atomic E-state index is 0.153. The van der Waals surface area contributed by atoms with Crippen molar-refractivity contribution in [2.75, 3.05) is 24.4 Å². The molecule has 0 saturated heterocycles. The number of ether oxygens (including phenoxy) is 1. The van der Waals surface area contributed by atoms with Crippen LogP contribution >= 0.6 is 0 Å². The minimum Gasteiger partial charge on any atom is -0.383 e. The fourth-order valence-corrected chi connectivity index (χ4v) is 3.11. The number of hydrogen-bond acceptors (Lipinski definition) is 7. The second kappa shape index (κ2) is 9.84. The lowest BCUT2D eigenvalue weighted by atomic mass is 10.2. The summed E-state index contributed by atoms with van der Waals surface area (Å²) in [6.07, 6.45) is 10.3. The zero-order valence-electron chi connectivity index (χ0n) is 17.9. The van der Waals surface area contributed by atoms with Crippen LogP contribution in [0.1, 0.15) is 12.5 Å². The number of benzene rings is 1. The number of nitrogens with zero attached hydrogens (tertiary/aromatic N) is 6. The second-order valence-corrected chi connectivity index (χ2v) is 7.07. The number of nitrogens with one attached hydrogen (secondary N) is 2. The topological polar surface area (TPSA) is 112 Å². The molecule has 4 aromatic rings. The first-order valence-corrected chi connectivity index (χ1v) is 10.1. The molecule has 32 heavy (non-hydrogen) atoms. The van der Waals surface area contributed by atoms with Crippen LogP contribution < -0.4 is 10.6 Å². The van der Waals surface area contributed by atoms with Crippen molar-refractivity contribution in [3.8, 4) is 0 Å². The molecule has 164 valence electrons. The van der Waals surface area contributed by atoms with Gasteiger partial charge >= 0.3 is 0 Å². The predicted molar refractivity (Wildman–Crippen MR) is 122 cm³/mol. The number of allylic oxidation sites excluding steroid dienone is 1. The average Bonchev–Trinajstić information content (AvgIpc) is 3.40. The normalized spacial score (nSPS) is 11.3. The Balaban J connectivity index is 1.47. The Morgan fingerprint density at radius 2 is 1.97 bits per heavy atom. The molecular formula is C22H24N8O2. The lowest BCUT2D eigenvalue weighted by molar-refractivity contribution is -0.111. The summed E-state index contributed by atoms with van der Waals surface area (Å²) in [5, 5.41) is 15.6. The van der Waals surface area contributed by atoms with Crippen LogP contribution in [0.4, 0.5) is 17.3 Å². The molecule has 4 rings (SSSR count).